The summed E-state index contributed by atoms with van der Waals surface area (Å²) in [5, 5.41) is 20.5. The average molecular weight is 610 g/mol. The van der Waals surface area contributed by atoms with E-state index in [-0.39, 0.29) is 22.5 Å². The molecule has 0 aliphatic carbocycles. The molecule has 6 rings (SSSR count). The molecule has 6 aromatic rings. The maximum atomic E-state index is 13.1. The number of hydrogen-bond donors (Lipinski definition) is 1. The van der Waals surface area contributed by atoms with Crippen LogP contribution in [0.4, 0.5) is 17.1 Å². The fourth-order valence-electron chi connectivity index (χ4n) is 5.05. The molecule has 0 fully saturated rings. The number of para-hydroxylation sites is 2. The predicted octanol–water partition coefficient (Wildman–Crippen LogP) is 7.78. The van der Waals surface area contributed by atoms with Gasteiger partial charge in [0.05, 0.1) is 0 Å². The lowest BCUT2D eigenvalue weighted by Crippen LogP contribution is -2.45. The van der Waals surface area contributed by atoms with Crippen LogP contribution in [-0.2, 0) is 6.54 Å². The lowest BCUT2D eigenvalue weighted by atomic mass is 10.1. The number of nitriles is 1. The largest absolute Gasteiger partial charge is 0.493 e. The lowest BCUT2D eigenvalue weighted by molar-refractivity contribution is 0.413. The van der Waals surface area contributed by atoms with Crippen LogP contribution < -0.4 is 20.9 Å². The van der Waals surface area contributed by atoms with Crippen LogP contribution in [0.15, 0.2) is 127 Å². The minimum absolute atomic E-state index is 0.0148. The Bertz CT molecular complexity index is 2130. The first-order valence-electron chi connectivity index (χ1n) is 13.9. The highest BCUT2D eigenvalue weighted by Crippen LogP contribution is 2.40. The third-order valence-corrected chi connectivity index (χ3v) is 9.57. The zero-order valence-electron chi connectivity index (χ0n) is 23.7. The standard InChI is InChI=1S/C37H27N3O2S2/c1-3-22-39-36(41)31(25(2)32(24-38)37(39)42)23-30-18-19-34(43-30)35-21-20-33(44-35)26-14-16-29(17-15-26)40(27-10-6-4-7-11-27)28-12-8-5-9-13-28/h3-21,23,42H,1-2,22H2/b31-23-. The van der Waals surface area contributed by atoms with E-state index in [1.165, 1.54) is 6.08 Å². The summed E-state index contributed by atoms with van der Waals surface area (Å²) < 4.78 is 1.14. The van der Waals surface area contributed by atoms with Crippen molar-refractivity contribution in [2.24, 2.45) is 0 Å². The van der Waals surface area contributed by atoms with Gasteiger partial charge in [0.2, 0.25) is 5.88 Å². The number of anilines is 3. The van der Waals surface area contributed by atoms with Crippen molar-refractivity contribution in [3.05, 3.63) is 153 Å². The maximum Gasteiger partial charge on any atom is 0.261 e. The number of aromatic nitrogens is 1. The van der Waals surface area contributed by atoms with Crippen molar-refractivity contribution in [3.8, 4) is 32.1 Å². The molecule has 1 N–H and O–H groups in total. The number of aromatic hydroxyl groups is 1. The van der Waals surface area contributed by atoms with Crippen molar-refractivity contribution >= 4 is 52.4 Å². The zero-order valence-corrected chi connectivity index (χ0v) is 25.3. The van der Waals surface area contributed by atoms with Gasteiger partial charge in [-0.3, -0.25) is 9.36 Å². The minimum Gasteiger partial charge on any atom is -0.493 e. The summed E-state index contributed by atoms with van der Waals surface area (Å²) >= 11 is 3.26. The third-order valence-electron chi connectivity index (χ3n) is 7.21. The van der Waals surface area contributed by atoms with Gasteiger partial charge in [0.1, 0.15) is 11.6 Å². The van der Waals surface area contributed by atoms with Crippen LogP contribution in [-0.4, -0.2) is 9.67 Å². The van der Waals surface area contributed by atoms with Gasteiger partial charge in [-0.1, -0.05) is 61.2 Å². The SMILES string of the molecule is C=CCn1c(O)c(C#N)c(=C)/c(=C/c2ccc(-c3ccc(-c4ccc(N(c5ccccc5)c5ccccc5)cc4)s3)s2)c1=O. The number of thiophene rings is 2. The van der Waals surface area contributed by atoms with E-state index >= 15 is 0 Å². The van der Waals surface area contributed by atoms with E-state index in [0.717, 1.165) is 46.7 Å². The fraction of sp³-hybridized carbons (Fsp3) is 0.0270. The second-order valence-electron chi connectivity index (χ2n) is 9.97. The second-order valence-corrected chi connectivity index (χ2v) is 12.2. The summed E-state index contributed by atoms with van der Waals surface area (Å²) in [5.74, 6) is -0.390. The first-order chi connectivity index (χ1) is 21.5. The minimum atomic E-state index is -0.415. The Hall–Kier alpha value is -5.42. The summed E-state index contributed by atoms with van der Waals surface area (Å²) in [6.07, 6.45) is 3.24. The molecule has 0 bridgehead atoms. The van der Waals surface area contributed by atoms with Gasteiger partial charge in [-0.05, 0) is 72.3 Å². The molecule has 0 radical (unpaired) electrons. The number of allylic oxidation sites excluding steroid dienone is 1. The molecular formula is C37H27N3O2S2. The smallest absolute Gasteiger partial charge is 0.261 e. The van der Waals surface area contributed by atoms with E-state index in [0.29, 0.717) is 0 Å². The molecule has 0 saturated heterocycles. The van der Waals surface area contributed by atoms with E-state index in [1.807, 2.05) is 54.6 Å². The summed E-state index contributed by atoms with van der Waals surface area (Å²) in [5.41, 5.74) is 3.97. The topological polar surface area (TPSA) is 69.3 Å². The van der Waals surface area contributed by atoms with Gasteiger partial charge in [-0.2, -0.15) is 5.26 Å². The van der Waals surface area contributed by atoms with Gasteiger partial charge >= 0.3 is 0 Å². The predicted molar refractivity (Wildman–Crippen MR) is 183 cm³/mol. The quantitative estimate of drug-likeness (QED) is 0.179. The Kier molecular flexibility index (Phi) is 8.11. The van der Waals surface area contributed by atoms with Crippen molar-refractivity contribution in [2.45, 2.75) is 6.54 Å². The van der Waals surface area contributed by atoms with Crippen LogP contribution >= 0.6 is 22.7 Å². The summed E-state index contributed by atoms with van der Waals surface area (Å²) in [4.78, 5) is 19.5. The van der Waals surface area contributed by atoms with Gasteiger partial charge in [-0.15, -0.1) is 29.3 Å². The monoisotopic (exact) mass is 609 g/mol. The fourth-order valence-corrected chi connectivity index (χ4v) is 7.10. The summed E-state index contributed by atoms with van der Waals surface area (Å²) in [6, 6.07) is 39.5. The molecule has 214 valence electrons. The Labute approximate surface area is 263 Å². The highest BCUT2D eigenvalue weighted by Gasteiger charge is 2.15. The number of pyridine rings is 1. The Morgan fingerprint density at radius 2 is 1.36 bits per heavy atom. The van der Waals surface area contributed by atoms with E-state index in [4.69, 9.17) is 0 Å². The van der Waals surface area contributed by atoms with Crippen LogP contribution in [0.3, 0.4) is 0 Å². The highest BCUT2D eigenvalue weighted by molar-refractivity contribution is 7.24. The Morgan fingerprint density at radius 1 is 0.795 bits per heavy atom. The molecular weight excluding hydrogens is 583 g/mol. The van der Waals surface area contributed by atoms with Crippen LogP contribution in [0.1, 0.15) is 10.4 Å². The van der Waals surface area contributed by atoms with Crippen LogP contribution in [0.2, 0.25) is 0 Å². The van der Waals surface area contributed by atoms with Crippen molar-refractivity contribution in [1.29, 1.82) is 5.26 Å². The van der Waals surface area contributed by atoms with Gasteiger partial charge < -0.3 is 10.0 Å². The molecule has 7 heteroatoms. The summed E-state index contributed by atoms with van der Waals surface area (Å²) in [7, 11) is 0. The second kappa shape index (κ2) is 12.4. The molecule has 0 spiro atoms. The zero-order chi connectivity index (χ0) is 30.6. The van der Waals surface area contributed by atoms with Crippen molar-refractivity contribution in [3.63, 3.8) is 0 Å². The molecule has 0 atom stereocenters. The molecule has 0 unspecified atom stereocenters. The van der Waals surface area contributed by atoms with Gasteiger partial charge in [0.15, 0.2) is 0 Å². The number of benzene rings is 3. The molecule has 0 saturated carbocycles. The molecule has 3 aromatic heterocycles. The van der Waals surface area contributed by atoms with Crippen LogP contribution in [0, 0.1) is 11.3 Å². The van der Waals surface area contributed by atoms with Crippen molar-refractivity contribution in [2.75, 3.05) is 4.90 Å². The molecule has 44 heavy (non-hydrogen) atoms. The number of hydrogen-bond acceptors (Lipinski definition) is 6. The highest BCUT2D eigenvalue weighted by atomic mass is 32.1. The molecule has 3 heterocycles. The molecule has 0 amide bonds. The normalized spacial score (nSPS) is 11.3. The number of rotatable bonds is 8. The van der Waals surface area contributed by atoms with Crippen LogP contribution in [0.25, 0.3) is 32.8 Å². The van der Waals surface area contributed by atoms with Crippen molar-refractivity contribution in [1.82, 2.24) is 4.57 Å². The Morgan fingerprint density at radius 3 is 1.98 bits per heavy atom. The maximum absolute atomic E-state index is 13.1. The number of nitrogens with zero attached hydrogens (tertiary/aromatic N) is 3. The van der Waals surface area contributed by atoms with Crippen molar-refractivity contribution < 1.29 is 5.11 Å². The van der Waals surface area contributed by atoms with Gasteiger partial charge in [0, 0.05) is 53.6 Å². The first-order valence-corrected chi connectivity index (χ1v) is 15.5. The van der Waals surface area contributed by atoms with E-state index in [1.54, 1.807) is 28.7 Å². The molecule has 3 aromatic carbocycles. The lowest BCUT2D eigenvalue weighted by Gasteiger charge is -2.25. The molecule has 0 aliphatic heterocycles. The molecule has 5 nitrogen and oxygen atoms in total. The van der Waals surface area contributed by atoms with Crippen LogP contribution in [0.5, 0.6) is 5.88 Å². The van der Waals surface area contributed by atoms with E-state index < -0.39 is 11.4 Å². The first kappa shape index (κ1) is 28.7. The van der Waals surface area contributed by atoms with Gasteiger partial charge in [-0.25, -0.2) is 0 Å². The average Bonchev–Trinajstić information content (AvgIpc) is 3.74. The molecule has 0 aliphatic rings. The van der Waals surface area contributed by atoms with E-state index in [9.17, 15) is 15.2 Å². The van der Waals surface area contributed by atoms with E-state index in [2.05, 4.69) is 78.7 Å². The summed E-state index contributed by atoms with van der Waals surface area (Å²) in [6.45, 7) is 7.65. The third kappa shape index (κ3) is 5.52. The van der Waals surface area contributed by atoms with Gasteiger partial charge in [0.25, 0.3) is 5.56 Å². The Balaban J connectivity index is 1.30.